The molecule has 0 saturated heterocycles. The van der Waals surface area contributed by atoms with E-state index in [4.69, 9.17) is 4.74 Å². The molecule has 0 aliphatic heterocycles. The van der Waals surface area contributed by atoms with E-state index in [1.807, 2.05) is 22.8 Å². The Hall–Kier alpha value is -2.56. The molecule has 1 aliphatic carbocycles. The molecule has 1 saturated carbocycles. The quantitative estimate of drug-likeness (QED) is 0.759. The number of ether oxygens (including phenoxy) is 1. The number of nitrogens with one attached hydrogen (secondary N) is 1. The van der Waals surface area contributed by atoms with E-state index in [-0.39, 0.29) is 0 Å². The summed E-state index contributed by atoms with van der Waals surface area (Å²) in [5, 5.41) is 8.08. The molecule has 3 aromatic rings. The van der Waals surface area contributed by atoms with Crippen LogP contribution in [-0.2, 0) is 6.42 Å². The summed E-state index contributed by atoms with van der Waals surface area (Å²) in [6.07, 6.45) is 7.15. The average Bonchev–Trinajstić information content (AvgIpc) is 3.34. The van der Waals surface area contributed by atoms with Gasteiger partial charge in [0.15, 0.2) is 5.82 Å². The number of nitrogens with zero attached hydrogens (tertiary/aromatic N) is 3. The summed E-state index contributed by atoms with van der Waals surface area (Å²) in [5.74, 6) is 2.45. The van der Waals surface area contributed by atoms with Gasteiger partial charge in [-0.2, -0.15) is 5.10 Å². The van der Waals surface area contributed by atoms with Gasteiger partial charge in [-0.25, -0.2) is 9.50 Å². The fourth-order valence-electron chi connectivity index (χ4n) is 2.81. The second kappa shape index (κ2) is 5.91. The fraction of sp³-hybridized carbons (Fsp3) is 0.333. The summed E-state index contributed by atoms with van der Waals surface area (Å²) in [7, 11) is 1.69. The second-order valence-corrected chi connectivity index (χ2v) is 5.98. The smallest absolute Gasteiger partial charge is 0.152 e. The van der Waals surface area contributed by atoms with Crippen LogP contribution in [0.3, 0.4) is 0 Å². The summed E-state index contributed by atoms with van der Waals surface area (Å²) in [4.78, 5) is 4.47. The van der Waals surface area contributed by atoms with Crippen molar-refractivity contribution in [2.75, 3.05) is 19.0 Å². The van der Waals surface area contributed by atoms with Crippen LogP contribution in [0.5, 0.6) is 5.75 Å². The van der Waals surface area contributed by atoms with Gasteiger partial charge in [0, 0.05) is 24.9 Å². The van der Waals surface area contributed by atoms with Crippen LogP contribution in [0, 0.1) is 0 Å². The van der Waals surface area contributed by atoms with Crippen molar-refractivity contribution in [1.29, 1.82) is 0 Å². The van der Waals surface area contributed by atoms with Crippen molar-refractivity contribution in [3.8, 4) is 5.75 Å². The SMILES string of the molecule is COc1cccc(CCNc2nccn3nc(C4CC4)cc23)c1. The first kappa shape index (κ1) is 14.1. The van der Waals surface area contributed by atoms with E-state index in [9.17, 15) is 0 Å². The zero-order chi connectivity index (χ0) is 15.6. The number of aromatic nitrogens is 3. The minimum absolute atomic E-state index is 0.652. The minimum atomic E-state index is 0.652. The maximum atomic E-state index is 5.26. The van der Waals surface area contributed by atoms with Crippen LogP contribution >= 0.6 is 0 Å². The van der Waals surface area contributed by atoms with E-state index in [2.05, 4.69) is 33.6 Å². The summed E-state index contributed by atoms with van der Waals surface area (Å²) >= 11 is 0. The molecular weight excluding hydrogens is 288 g/mol. The van der Waals surface area contributed by atoms with Crippen molar-refractivity contribution < 1.29 is 4.74 Å². The Bertz CT molecular complexity index is 823. The highest BCUT2D eigenvalue weighted by atomic mass is 16.5. The Labute approximate surface area is 135 Å². The number of fused-ring (bicyclic) bond motifs is 1. The molecular formula is C18H20N4O. The topological polar surface area (TPSA) is 51.5 Å². The first-order chi connectivity index (χ1) is 11.3. The predicted molar refractivity (Wildman–Crippen MR) is 90.1 cm³/mol. The van der Waals surface area contributed by atoms with E-state index in [1.165, 1.54) is 24.1 Å². The lowest BCUT2D eigenvalue weighted by atomic mass is 10.1. The maximum absolute atomic E-state index is 5.26. The molecule has 2 heterocycles. The zero-order valence-electron chi connectivity index (χ0n) is 13.2. The molecule has 5 heteroatoms. The number of hydrogen-bond acceptors (Lipinski definition) is 4. The molecule has 0 atom stereocenters. The van der Waals surface area contributed by atoms with Crippen molar-refractivity contribution in [3.63, 3.8) is 0 Å². The third-order valence-corrected chi connectivity index (χ3v) is 4.24. The molecule has 0 spiro atoms. The maximum Gasteiger partial charge on any atom is 0.152 e. The molecule has 0 amide bonds. The molecule has 4 rings (SSSR count). The number of benzene rings is 1. The Morgan fingerprint density at radius 2 is 2.22 bits per heavy atom. The fourth-order valence-corrected chi connectivity index (χ4v) is 2.81. The summed E-state index contributed by atoms with van der Waals surface area (Å²) in [6, 6.07) is 10.3. The number of hydrogen-bond donors (Lipinski definition) is 1. The summed E-state index contributed by atoms with van der Waals surface area (Å²) in [6.45, 7) is 0.823. The van der Waals surface area contributed by atoms with Gasteiger partial charge < -0.3 is 10.1 Å². The molecule has 1 aromatic carbocycles. The lowest BCUT2D eigenvalue weighted by molar-refractivity contribution is 0.414. The zero-order valence-corrected chi connectivity index (χ0v) is 13.2. The molecule has 2 aromatic heterocycles. The van der Waals surface area contributed by atoms with E-state index < -0.39 is 0 Å². The number of methoxy groups -OCH3 is 1. The van der Waals surface area contributed by atoms with Gasteiger partial charge in [-0.3, -0.25) is 0 Å². The van der Waals surface area contributed by atoms with Gasteiger partial charge in [0.25, 0.3) is 0 Å². The lowest BCUT2D eigenvalue weighted by Crippen LogP contribution is -2.07. The van der Waals surface area contributed by atoms with E-state index in [1.54, 1.807) is 13.3 Å². The van der Waals surface area contributed by atoms with Crippen molar-refractivity contribution in [1.82, 2.24) is 14.6 Å². The Balaban J connectivity index is 1.47. The second-order valence-electron chi connectivity index (χ2n) is 5.98. The van der Waals surface area contributed by atoms with Crippen LogP contribution in [-0.4, -0.2) is 28.3 Å². The van der Waals surface area contributed by atoms with Crippen molar-refractivity contribution >= 4 is 11.3 Å². The van der Waals surface area contributed by atoms with Gasteiger partial charge >= 0.3 is 0 Å². The molecule has 1 N–H and O–H groups in total. The first-order valence-corrected chi connectivity index (χ1v) is 8.04. The van der Waals surface area contributed by atoms with Gasteiger partial charge in [-0.05, 0) is 43.0 Å². The molecule has 5 nitrogen and oxygen atoms in total. The number of anilines is 1. The minimum Gasteiger partial charge on any atom is -0.497 e. The van der Waals surface area contributed by atoms with Gasteiger partial charge in [0.2, 0.25) is 0 Å². The van der Waals surface area contributed by atoms with Crippen LogP contribution < -0.4 is 10.1 Å². The largest absolute Gasteiger partial charge is 0.497 e. The molecule has 0 radical (unpaired) electrons. The van der Waals surface area contributed by atoms with Gasteiger partial charge in [-0.15, -0.1) is 0 Å². The Morgan fingerprint density at radius 3 is 3.04 bits per heavy atom. The van der Waals surface area contributed by atoms with Crippen molar-refractivity contribution in [2.45, 2.75) is 25.2 Å². The van der Waals surface area contributed by atoms with Gasteiger partial charge in [-0.1, -0.05) is 12.1 Å². The van der Waals surface area contributed by atoms with Crippen LogP contribution in [0.4, 0.5) is 5.82 Å². The van der Waals surface area contributed by atoms with Crippen LogP contribution in [0.1, 0.15) is 30.0 Å². The third kappa shape index (κ3) is 2.99. The Morgan fingerprint density at radius 1 is 1.30 bits per heavy atom. The monoisotopic (exact) mass is 308 g/mol. The predicted octanol–water partition coefficient (Wildman–Crippen LogP) is 3.27. The highest BCUT2D eigenvalue weighted by molar-refractivity contribution is 5.68. The van der Waals surface area contributed by atoms with E-state index >= 15 is 0 Å². The van der Waals surface area contributed by atoms with Crippen LogP contribution in [0.25, 0.3) is 5.52 Å². The normalized spacial score (nSPS) is 14.1. The molecule has 1 aliphatic rings. The summed E-state index contributed by atoms with van der Waals surface area (Å²) in [5.41, 5.74) is 3.49. The Kier molecular flexibility index (Phi) is 3.61. The average molecular weight is 308 g/mol. The van der Waals surface area contributed by atoms with E-state index in [0.29, 0.717) is 5.92 Å². The van der Waals surface area contributed by atoms with Crippen molar-refractivity contribution in [3.05, 3.63) is 54.0 Å². The molecule has 118 valence electrons. The first-order valence-electron chi connectivity index (χ1n) is 8.04. The van der Waals surface area contributed by atoms with Crippen LogP contribution in [0.2, 0.25) is 0 Å². The highest BCUT2D eigenvalue weighted by Gasteiger charge is 2.26. The molecule has 23 heavy (non-hydrogen) atoms. The molecule has 0 unspecified atom stereocenters. The lowest BCUT2D eigenvalue weighted by Gasteiger charge is -2.08. The number of rotatable bonds is 6. The highest BCUT2D eigenvalue weighted by Crippen LogP contribution is 2.39. The summed E-state index contributed by atoms with van der Waals surface area (Å²) < 4.78 is 7.19. The van der Waals surface area contributed by atoms with Gasteiger partial charge in [0.1, 0.15) is 11.3 Å². The van der Waals surface area contributed by atoms with E-state index in [0.717, 1.165) is 30.0 Å². The standard InChI is InChI=1S/C18H20N4O/c1-23-15-4-2-3-13(11-15)7-8-19-18-17-12-16(14-5-6-14)21-22(17)10-9-20-18/h2-4,9-12,14H,5-8H2,1H3,(H,19,20). The van der Waals surface area contributed by atoms with Gasteiger partial charge in [0.05, 0.1) is 12.8 Å². The third-order valence-electron chi connectivity index (χ3n) is 4.24. The molecule has 0 bridgehead atoms. The molecule has 1 fully saturated rings. The van der Waals surface area contributed by atoms with Crippen LogP contribution in [0.15, 0.2) is 42.7 Å². The van der Waals surface area contributed by atoms with Crippen molar-refractivity contribution in [2.24, 2.45) is 0 Å².